The van der Waals surface area contributed by atoms with E-state index >= 15 is 0 Å². The van der Waals surface area contributed by atoms with Gasteiger partial charge in [0.2, 0.25) is 5.13 Å². The van der Waals surface area contributed by atoms with Crippen LogP contribution >= 0.6 is 11.3 Å². The first-order valence-electron chi connectivity index (χ1n) is 7.28. The fraction of sp³-hybridized carbons (Fsp3) is 0.267. The Kier molecular flexibility index (Phi) is 3.58. The molecule has 0 aromatic carbocycles. The number of oxazole rings is 1. The van der Waals surface area contributed by atoms with Gasteiger partial charge in [0.1, 0.15) is 12.0 Å². The maximum atomic E-state index is 12.2. The van der Waals surface area contributed by atoms with Crippen molar-refractivity contribution in [3.63, 3.8) is 0 Å². The third-order valence-electron chi connectivity index (χ3n) is 3.47. The van der Waals surface area contributed by atoms with Gasteiger partial charge in [-0.1, -0.05) is 17.4 Å². The average Bonchev–Trinajstić information content (AvgIpc) is 3.07. The predicted octanol–water partition coefficient (Wildman–Crippen LogP) is 2.79. The normalized spacial score (nSPS) is 13.9. The number of anilines is 1. The van der Waals surface area contributed by atoms with Gasteiger partial charge >= 0.3 is 0 Å². The Labute approximate surface area is 135 Å². The minimum Gasteiger partial charge on any atom is -0.448 e. The van der Waals surface area contributed by atoms with Gasteiger partial charge in [0.25, 0.3) is 5.91 Å². The van der Waals surface area contributed by atoms with Gasteiger partial charge in [-0.25, -0.2) is 4.98 Å². The molecule has 1 fully saturated rings. The van der Waals surface area contributed by atoms with Gasteiger partial charge in [-0.3, -0.25) is 15.1 Å². The molecule has 116 valence electrons. The molecule has 1 N–H and O–H groups in total. The summed E-state index contributed by atoms with van der Waals surface area (Å²) < 4.78 is 5.33. The summed E-state index contributed by atoms with van der Waals surface area (Å²) in [7, 11) is 0. The van der Waals surface area contributed by atoms with Gasteiger partial charge in [0.15, 0.2) is 16.6 Å². The maximum absolute atomic E-state index is 12.2. The van der Waals surface area contributed by atoms with Crippen molar-refractivity contribution in [3.8, 4) is 10.7 Å². The van der Waals surface area contributed by atoms with Crippen LogP contribution in [0.5, 0.6) is 0 Å². The molecule has 4 rings (SSSR count). The lowest BCUT2D eigenvalue weighted by Crippen LogP contribution is -2.12. The third kappa shape index (κ3) is 3.26. The van der Waals surface area contributed by atoms with Crippen LogP contribution in [0, 0.1) is 5.92 Å². The first kappa shape index (κ1) is 14.0. The van der Waals surface area contributed by atoms with Gasteiger partial charge in [0.05, 0.1) is 0 Å². The van der Waals surface area contributed by atoms with Crippen LogP contribution in [0.3, 0.4) is 0 Å². The van der Waals surface area contributed by atoms with E-state index in [0.717, 1.165) is 12.1 Å². The van der Waals surface area contributed by atoms with E-state index < -0.39 is 0 Å². The van der Waals surface area contributed by atoms with Crippen LogP contribution in [0.4, 0.5) is 5.13 Å². The average molecular weight is 327 g/mol. The zero-order chi connectivity index (χ0) is 15.6. The molecule has 1 saturated carbocycles. The number of nitrogens with zero attached hydrogens (tertiary/aromatic N) is 4. The van der Waals surface area contributed by atoms with Crippen molar-refractivity contribution in [2.75, 3.05) is 5.32 Å². The minimum atomic E-state index is -0.348. The molecule has 0 unspecified atom stereocenters. The van der Waals surface area contributed by atoms with Gasteiger partial charge in [-0.2, -0.15) is 0 Å². The maximum Gasteiger partial charge on any atom is 0.279 e. The second-order valence-electron chi connectivity index (χ2n) is 5.36. The largest absolute Gasteiger partial charge is 0.448 e. The second kappa shape index (κ2) is 5.88. The van der Waals surface area contributed by atoms with Crippen LogP contribution in [-0.4, -0.2) is 26.1 Å². The fourth-order valence-corrected chi connectivity index (χ4v) is 2.82. The van der Waals surface area contributed by atoms with E-state index in [1.165, 1.54) is 30.4 Å². The van der Waals surface area contributed by atoms with Crippen molar-refractivity contribution < 1.29 is 9.21 Å². The first-order valence-corrected chi connectivity index (χ1v) is 8.10. The Morgan fingerprint density at radius 2 is 2.26 bits per heavy atom. The lowest BCUT2D eigenvalue weighted by atomic mass is 10.3. The Bertz CT molecular complexity index is 825. The molecule has 7 nitrogen and oxygen atoms in total. The molecule has 1 amide bonds. The summed E-state index contributed by atoms with van der Waals surface area (Å²) in [6.07, 6.45) is 6.30. The summed E-state index contributed by atoms with van der Waals surface area (Å²) in [5, 5.41) is 11.7. The second-order valence-corrected chi connectivity index (χ2v) is 6.33. The number of aromatic nitrogens is 4. The van der Waals surface area contributed by atoms with Crippen LogP contribution in [0.25, 0.3) is 10.7 Å². The van der Waals surface area contributed by atoms with Gasteiger partial charge in [-0.05, 0) is 30.9 Å². The van der Waals surface area contributed by atoms with Crippen LogP contribution < -0.4 is 5.32 Å². The zero-order valence-electron chi connectivity index (χ0n) is 12.1. The zero-order valence-corrected chi connectivity index (χ0v) is 12.9. The first-order chi connectivity index (χ1) is 11.3. The molecule has 0 bridgehead atoms. The molecular weight excluding hydrogens is 314 g/mol. The van der Waals surface area contributed by atoms with Crippen LogP contribution in [0.1, 0.15) is 29.2 Å². The Morgan fingerprint density at radius 3 is 3.04 bits per heavy atom. The minimum absolute atomic E-state index is 0.259. The highest BCUT2D eigenvalue weighted by atomic mass is 32.1. The summed E-state index contributed by atoms with van der Waals surface area (Å²) in [6, 6.07) is 5.55. The van der Waals surface area contributed by atoms with E-state index in [4.69, 9.17) is 4.42 Å². The molecule has 0 saturated heterocycles. The lowest BCUT2D eigenvalue weighted by molar-refractivity contribution is 0.102. The number of hydrogen-bond donors (Lipinski definition) is 1. The quantitative estimate of drug-likeness (QED) is 0.774. The van der Waals surface area contributed by atoms with Crippen LogP contribution in [0.2, 0.25) is 0 Å². The molecule has 3 heterocycles. The molecule has 0 atom stereocenters. The Hall–Kier alpha value is -2.61. The number of pyridine rings is 1. The van der Waals surface area contributed by atoms with Crippen molar-refractivity contribution >= 4 is 22.4 Å². The molecule has 0 spiro atoms. The van der Waals surface area contributed by atoms with E-state index in [-0.39, 0.29) is 11.6 Å². The molecular formula is C15H13N5O2S. The molecule has 23 heavy (non-hydrogen) atoms. The summed E-state index contributed by atoms with van der Waals surface area (Å²) in [5.74, 6) is 0.928. The van der Waals surface area contributed by atoms with Gasteiger partial charge in [0, 0.05) is 12.6 Å². The van der Waals surface area contributed by atoms with Crippen molar-refractivity contribution in [2.24, 2.45) is 5.92 Å². The summed E-state index contributed by atoms with van der Waals surface area (Å²) >= 11 is 1.26. The monoisotopic (exact) mass is 327 g/mol. The summed E-state index contributed by atoms with van der Waals surface area (Å²) in [4.78, 5) is 20.6. The lowest BCUT2D eigenvalue weighted by Gasteiger charge is -1.95. The highest BCUT2D eigenvalue weighted by Crippen LogP contribution is 2.32. The Morgan fingerprint density at radius 1 is 1.35 bits per heavy atom. The van der Waals surface area contributed by atoms with Crippen molar-refractivity contribution in [2.45, 2.75) is 19.3 Å². The molecule has 0 radical (unpaired) electrons. The molecule has 3 aromatic rings. The van der Waals surface area contributed by atoms with Crippen molar-refractivity contribution in [3.05, 3.63) is 42.2 Å². The fourth-order valence-electron chi connectivity index (χ4n) is 2.11. The van der Waals surface area contributed by atoms with E-state index in [2.05, 4.69) is 25.5 Å². The van der Waals surface area contributed by atoms with Gasteiger partial charge < -0.3 is 4.42 Å². The van der Waals surface area contributed by atoms with E-state index in [9.17, 15) is 4.79 Å². The number of rotatable bonds is 5. The SMILES string of the molecule is O=C(Nc1nnc(-c2ccccn2)s1)c1coc(CC2CC2)n1. The number of nitrogens with one attached hydrogen (secondary N) is 1. The van der Waals surface area contributed by atoms with Crippen molar-refractivity contribution in [1.29, 1.82) is 0 Å². The molecule has 1 aliphatic carbocycles. The highest BCUT2D eigenvalue weighted by molar-refractivity contribution is 7.18. The molecule has 8 heteroatoms. The van der Waals surface area contributed by atoms with Gasteiger partial charge in [-0.15, -0.1) is 10.2 Å². The van der Waals surface area contributed by atoms with Crippen molar-refractivity contribution in [1.82, 2.24) is 20.2 Å². The van der Waals surface area contributed by atoms with E-state index in [0.29, 0.717) is 21.9 Å². The highest BCUT2D eigenvalue weighted by Gasteiger charge is 2.24. The number of carbonyl (C=O) groups excluding carboxylic acids is 1. The number of amides is 1. The third-order valence-corrected chi connectivity index (χ3v) is 4.34. The van der Waals surface area contributed by atoms with E-state index in [1.807, 2.05) is 18.2 Å². The smallest absolute Gasteiger partial charge is 0.279 e. The predicted molar refractivity (Wildman–Crippen MR) is 84.0 cm³/mol. The topological polar surface area (TPSA) is 93.8 Å². The molecule has 3 aromatic heterocycles. The van der Waals surface area contributed by atoms with E-state index in [1.54, 1.807) is 6.20 Å². The standard InChI is InChI=1S/C15H13N5O2S/c21-13(11-8-22-12(17-11)7-9-4-5-9)18-15-20-19-14(23-15)10-3-1-2-6-16-10/h1-3,6,8-9H,4-5,7H2,(H,18,20,21). The Balaban J connectivity index is 1.44. The molecule has 0 aliphatic heterocycles. The number of hydrogen-bond acceptors (Lipinski definition) is 7. The summed E-state index contributed by atoms with van der Waals surface area (Å²) in [5.41, 5.74) is 0.980. The number of carbonyl (C=O) groups is 1. The van der Waals surface area contributed by atoms with Crippen LogP contribution in [-0.2, 0) is 6.42 Å². The summed E-state index contributed by atoms with van der Waals surface area (Å²) in [6.45, 7) is 0. The van der Waals surface area contributed by atoms with Crippen LogP contribution in [0.15, 0.2) is 35.1 Å². The molecule has 1 aliphatic rings.